The van der Waals surface area contributed by atoms with Crippen molar-refractivity contribution in [2.24, 2.45) is 0 Å². The molecule has 0 unspecified atom stereocenters. The van der Waals surface area contributed by atoms with Crippen molar-refractivity contribution in [3.8, 4) is 5.69 Å². The van der Waals surface area contributed by atoms with Crippen molar-refractivity contribution in [3.05, 3.63) is 46.1 Å². The van der Waals surface area contributed by atoms with Gasteiger partial charge in [-0.25, -0.2) is 4.79 Å². The van der Waals surface area contributed by atoms with Crippen LogP contribution in [-0.2, 0) is 6.54 Å². The molecule has 0 aliphatic carbocycles. The van der Waals surface area contributed by atoms with Crippen LogP contribution in [-0.4, -0.2) is 9.13 Å². The van der Waals surface area contributed by atoms with E-state index in [1.807, 2.05) is 12.3 Å². The van der Waals surface area contributed by atoms with Crippen molar-refractivity contribution >= 4 is 17.3 Å². The molecule has 2 N–H and O–H groups in total. The number of hydrogen-bond acceptors (Lipinski definition) is 2. The van der Waals surface area contributed by atoms with Crippen LogP contribution in [0.25, 0.3) is 5.69 Å². The summed E-state index contributed by atoms with van der Waals surface area (Å²) < 4.78 is 3.41. The first kappa shape index (κ1) is 26.6. The van der Waals surface area contributed by atoms with E-state index in [0.717, 1.165) is 18.7 Å². The molecule has 5 heteroatoms. The third-order valence-corrected chi connectivity index (χ3v) is 6.70. The van der Waals surface area contributed by atoms with Gasteiger partial charge in [-0.1, -0.05) is 115 Å². The number of nitrogen functional groups attached to an aromatic ring is 1. The van der Waals surface area contributed by atoms with Gasteiger partial charge in [-0.2, -0.15) is 0 Å². The minimum absolute atomic E-state index is 0.0207. The fourth-order valence-corrected chi connectivity index (χ4v) is 4.41. The Labute approximate surface area is 200 Å². The molecule has 32 heavy (non-hydrogen) atoms. The largest absolute Gasteiger partial charge is 0.397 e. The Morgan fingerprint density at radius 3 is 1.75 bits per heavy atom. The summed E-state index contributed by atoms with van der Waals surface area (Å²) in [5.74, 6) is 0. The van der Waals surface area contributed by atoms with Gasteiger partial charge in [0.25, 0.3) is 0 Å². The number of nitrogens with two attached hydrogens (primary N) is 1. The molecule has 1 aromatic heterocycles. The standard InChI is InChI=1S/C27H44ClN3O/c1-2-3-4-5-6-7-8-9-10-11-12-13-14-15-16-17-20-30-21-22-31(27(30)32)24-18-19-25(28)26(29)23-24/h18-19,21-23H,2-17,20,29H2,1H3. The molecule has 0 aliphatic rings. The summed E-state index contributed by atoms with van der Waals surface area (Å²) >= 11 is 5.98. The molecular formula is C27H44ClN3O. The van der Waals surface area contributed by atoms with Gasteiger partial charge in [0.1, 0.15) is 0 Å². The Bertz CT molecular complexity index is 811. The Kier molecular flexibility index (Phi) is 13.3. The fourth-order valence-electron chi connectivity index (χ4n) is 4.29. The highest BCUT2D eigenvalue weighted by Crippen LogP contribution is 2.21. The summed E-state index contributed by atoms with van der Waals surface area (Å²) in [6.45, 7) is 3.05. The molecule has 0 bridgehead atoms. The van der Waals surface area contributed by atoms with Gasteiger partial charge in [-0.15, -0.1) is 0 Å². The van der Waals surface area contributed by atoms with Gasteiger partial charge in [0.15, 0.2) is 0 Å². The van der Waals surface area contributed by atoms with Crippen LogP contribution in [0.15, 0.2) is 35.4 Å². The van der Waals surface area contributed by atoms with Crippen LogP contribution in [0.2, 0.25) is 5.02 Å². The van der Waals surface area contributed by atoms with E-state index >= 15 is 0 Å². The highest BCUT2D eigenvalue weighted by molar-refractivity contribution is 6.33. The lowest BCUT2D eigenvalue weighted by atomic mass is 10.0. The Morgan fingerprint density at radius 1 is 0.750 bits per heavy atom. The zero-order valence-corrected chi connectivity index (χ0v) is 20.9. The lowest BCUT2D eigenvalue weighted by Gasteiger charge is -2.05. The van der Waals surface area contributed by atoms with E-state index < -0.39 is 0 Å². The van der Waals surface area contributed by atoms with Crippen LogP contribution in [0, 0.1) is 0 Å². The molecule has 0 saturated heterocycles. The maximum absolute atomic E-state index is 12.6. The summed E-state index contributed by atoms with van der Waals surface area (Å²) in [4.78, 5) is 12.6. The lowest BCUT2D eigenvalue weighted by Crippen LogP contribution is -2.23. The molecule has 0 amide bonds. The average molecular weight is 462 g/mol. The van der Waals surface area contributed by atoms with Gasteiger partial charge in [-0.3, -0.25) is 9.13 Å². The first-order valence-corrected chi connectivity index (χ1v) is 13.3. The molecule has 4 nitrogen and oxygen atoms in total. The van der Waals surface area contributed by atoms with Crippen LogP contribution in [0.3, 0.4) is 0 Å². The molecule has 2 rings (SSSR count). The zero-order chi connectivity index (χ0) is 23.0. The lowest BCUT2D eigenvalue weighted by molar-refractivity contribution is 0.518. The number of rotatable bonds is 18. The van der Waals surface area contributed by atoms with Gasteiger partial charge < -0.3 is 5.73 Å². The summed E-state index contributed by atoms with van der Waals surface area (Å²) in [6.07, 6.45) is 25.4. The molecule has 1 heterocycles. The van der Waals surface area contributed by atoms with Crippen molar-refractivity contribution < 1.29 is 0 Å². The average Bonchev–Trinajstić information content (AvgIpc) is 3.15. The quantitative estimate of drug-likeness (QED) is 0.180. The predicted molar refractivity (Wildman–Crippen MR) is 139 cm³/mol. The second-order valence-electron chi connectivity index (χ2n) is 9.15. The summed E-state index contributed by atoms with van der Waals surface area (Å²) in [5, 5.41) is 0.509. The number of halogens is 1. The topological polar surface area (TPSA) is 52.9 Å². The highest BCUT2D eigenvalue weighted by atomic mass is 35.5. The van der Waals surface area contributed by atoms with Crippen LogP contribution in [0.4, 0.5) is 5.69 Å². The maximum Gasteiger partial charge on any atom is 0.332 e. The van der Waals surface area contributed by atoms with Gasteiger partial charge >= 0.3 is 5.69 Å². The van der Waals surface area contributed by atoms with Gasteiger partial charge in [-0.05, 0) is 24.6 Å². The number of anilines is 1. The minimum Gasteiger partial charge on any atom is -0.397 e. The number of nitrogens with zero attached hydrogens (tertiary/aromatic N) is 2. The number of benzene rings is 1. The number of hydrogen-bond donors (Lipinski definition) is 1. The Morgan fingerprint density at radius 2 is 1.25 bits per heavy atom. The molecule has 0 atom stereocenters. The third-order valence-electron chi connectivity index (χ3n) is 6.36. The predicted octanol–water partition coefficient (Wildman–Crippen LogP) is 8.14. The second-order valence-corrected chi connectivity index (χ2v) is 9.56. The van der Waals surface area contributed by atoms with E-state index in [2.05, 4.69) is 6.92 Å². The van der Waals surface area contributed by atoms with Crippen molar-refractivity contribution in [1.82, 2.24) is 9.13 Å². The summed E-state index contributed by atoms with van der Waals surface area (Å²) in [7, 11) is 0. The van der Waals surface area contributed by atoms with Gasteiger partial charge in [0, 0.05) is 18.9 Å². The molecule has 180 valence electrons. The fraction of sp³-hybridized carbons (Fsp3) is 0.667. The zero-order valence-electron chi connectivity index (χ0n) is 20.2. The number of imidazole rings is 1. The Hall–Kier alpha value is -1.68. The van der Waals surface area contributed by atoms with Crippen LogP contribution >= 0.6 is 11.6 Å². The molecular weight excluding hydrogens is 418 g/mol. The smallest absolute Gasteiger partial charge is 0.332 e. The molecule has 1 aromatic carbocycles. The Balaban J connectivity index is 1.47. The van der Waals surface area contributed by atoms with E-state index in [9.17, 15) is 4.79 Å². The maximum atomic E-state index is 12.6. The normalized spacial score (nSPS) is 11.3. The molecule has 0 fully saturated rings. The number of aromatic nitrogens is 2. The molecule has 0 radical (unpaired) electrons. The van der Waals surface area contributed by atoms with E-state index in [0.29, 0.717) is 10.7 Å². The first-order chi connectivity index (χ1) is 15.6. The molecule has 2 aromatic rings. The first-order valence-electron chi connectivity index (χ1n) is 13.0. The van der Waals surface area contributed by atoms with E-state index in [1.165, 1.54) is 96.3 Å². The highest BCUT2D eigenvalue weighted by Gasteiger charge is 2.07. The number of unbranched alkanes of at least 4 members (excludes halogenated alkanes) is 15. The van der Waals surface area contributed by atoms with E-state index in [4.69, 9.17) is 17.3 Å². The number of aryl methyl sites for hydroxylation is 1. The van der Waals surface area contributed by atoms with Gasteiger partial charge in [0.05, 0.1) is 16.4 Å². The monoisotopic (exact) mass is 461 g/mol. The SMILES string of the molecule is CCCCCCCCCCCCCCCCCCn1ccn(-c2ccc(Cl)c(N)c2)c1=O. The molecule has 0 aliphatic heterocycles. The summed E-state index contributed by atoms with van der Waals surface area (Å²) in [6, 6.07) is 5.29. The van der Waals surface area contributed by atoms with E-state index in [-0.39, 0.29) is 5.69 Å². The summed E-state index contributed by atoms with van der Waals surface area (Å²) in [5.41, 5.74) is 7.08. The second kappa shape index (κ2) is 16.0. The van der Waals surface area contributed by atoms with Gasteiger partial charge in [0.2, 0.25) is 0 Å². The van der Waals surface area contributed by atoms with Crippen molar-refractivity contribution in [3.63, 3.8) is 0 Å². The van der Waals surface area contributed by atoms with Crippen molar-refractivity contribution in [1.29, 1.82) is 0 Å². The van der Waals surface area contributed by atoms with Crippen molar-refractivity contribution in [2.45, 2.75) is 116 Å². The molecule has 0 spiro atoms. The van der Waals surface area contributed by atoms with Crippen LogP contribution in [0.1, 0.15) is 110 Å². The minimum atomic E-state index is -0.0207. The van der Waals surface area contributed by atoms with E-state index in [1.54, 1.807) is 27.5 Å². The van der Waals surface area contributed by atoms with Crippen LogP contribution < -0.4 is 11.4 Å². The molecule has 0 saturated carbocycles. The van der Waals surface area contributed by atoms with Crippen LogP contribution in [0.5, 0.6) is 0 Å². The third kappa shape index (κ3) is 9.85. The van der Waals surface area contributed by atoms with Crippen molar-refractivity contribution in [2.75, 3.05) is 5.73 Å².